The first kappa shape index (κ1) is 17.5. The molecule has 0 fully saturated rings. The maximum Gasteiger partial charge on any atom is 0.411 e. The Morgan fingerprint density at radius 2 is 2.19 bits per heavy atom. The van der Waals surface area contributed by atoms with Gasteiger partial charge < -0.3 is 15.4 Å². The van der Waals surface area contributed by atoms with E-state index in [0.717, 1.165) is 0 Å². The van der Waals surface area contributed by atoms with Crippen molar-refractivity contribution in [3.63, 3.8) is 0 Å². The van der Waals surface area contributed by atoms with Crippen molar-refractivity contribution >= 4 is 23.3 Å². The zero-order valence-electron chi connectivity index (χ0n) is 11.3. The van der Waals surface area contributed by atoms with Crippen molar-refractivity contribution in [2.75, 3.05) is 31.6 Å². The van der Waals surface area contributed by atoms with E-state index >= 15 is 0 Å². The molecule has 1 amide bonds. The summed E-state index contributed by atoms with van der Waals surface area (Å²) in [5.41, 5.74) is 0.220. The number of ether oxygens (including phenoxy) is 1. The molecule has 0 atom stereocenters. The van der Waals surface area contributed by atoms with Crippen LogP contribution in [0.4, 0.5) is 19.0 Å². The van der Waals surface area contributed by atoms with E-state index in [1.165, 1.54) is 12.3 Å². The molecule has 9 heteroatoms. The fourth-order valence-electron chi connectivity index (χ4n) is 1.39. The van der Waals surface area contributed by atoms with E-state index in [9.17, 15) is 18.0 Å². The molecule has 21 heavy (non-hydrogen) atoms. The normalized spacial score (nSPS) is 11.3. The molecule has 0 aliphatic carbocycles. The Hall–Kier alpha value is -1.54. The third-order valence-electron chi connectivity index (χ3n) is 2.25. The molecule has 0 bridgehead atoms. The summed E-state index contributed by atoms with van der Waals surface area (Å²) in [7, 11) is 0. The Labute approximate surface area is 124 Å². The molecule has 0 aliphatic heterocycles. The number of anilines is 1. The van der Waals surface area contributed by atoms with Gasteiger partial charge in [0, 0.05) is 19.3 Å². The van der Waals surface area contributed by atoms with E-state index in [1.54, 1.807) is 0 Å². The fourth-order valence-corrected chi connectivity index (χ4v) is 1.62. The average molecular weight is 326 g/mol. The van der Waals surface area contributed by atoms with Crippen LogP contribution in [-0.2, 0) is 4.74 Å². The second-order valence-electron chi connectivity index (χ2n) is 4.01. The van der Waals surface area contributed by atoms with Gasteiger partial charge in [0.15, 0.2) is 0 Å². The molecule has 0 aromatic carbocycles. The first-order valence-electron chi connectivity index (χ1n) is 6.15. The van der Waals surface area contributed by atoms with Gasteiger partial charge in [-0.15, -0.1) is 0 Å². The monoisotopic (exact) mass is 325 g/mol. The van der Waals surface area contributed by atoms with Gasteiger partial charge in [-0.05, 0) is 13.0 Å². The summed E-state index contributed by atoms with van der Waals surface area (Å²) < 4.78 is 39.8. The molecule has 0 saturated heterocycles. The lowest BCUT2D eigenvalue weighted by molar-refractivity contribution is -0.173. The Bertz CT molecular complexity index is 483. The first-order chi connectivity index (χ1) is 9.83. The molecule has 5 nitrogen and oxygen atoms in total. The molecule has 0 aliphatic rings. The van der Waals surface area contributed by atoms with Gasteiger partial charge in [-0.25, -0.2) is 4.98 Å². The minimum atomic E-state index is -4.37. The van der Waals surface area contributed by atoms with Crippen LogP contribution in [0.15, 0.2) is 12.3 Å². The Morgan fingerprint density at radius 1 is 1.48 bits per heavy atom. The third-order valence-corrected chi connectivity index (χ3v) is 2.53. The van der Waals surface area contributed by atoms with Crippen LogP contribution in [0.1, 0.15) is 17.3 Å². The quantitative estimate of drug-likeness (QED) is 0.756. The van der Waals surface area contributed by atoms with Crippen LogP contribution < -0.4 is 10.6 Å². The zero-order chi connectivity index (χ0) is 15.9. The van der Waals surface area contributed by atoms with Crippen LogP contribution in [0.3, 0.4) is 0 Å². The average Bonchev–Trinajstić information content (AvgIpc) is 2.39. The van der Waals surface area contributed by atoms with Crippen LogP contribution in [0.25, 0.3) is 0 Å². The molecule has 2 N–H and O–H groups in total. The minimum absolute atomic E-state index is 0.0402. The second kappa shape index (κ2) is 8.04. The molecule has 1 aromatic rings. The molecular formula is C12H15ClF3N3O2. The van der Waals surface area contributed by atoms with Gasteiger partial charge in [-0.1, -0.05) is 11.6 Å². The summed E-state index contributed by atoms with van der Waals surface area (Å²) in [6.07, 6.45) is -3.04. The molecule has 118 valence electrons. The number of hydrogen-bond donors (Lipinski definition) is 2. The number of nitrogens with one attached hydrogen (secondary N) is 2. The Kier molecular flexibility index (Phi) is 6.70. The Morgan fingerprint density at radius 3 is 2.76 bits per heavy atom. The number of nitrogens with zero attached hydrogens (tertiary/aromatic N) is 1. The lowest BCUT2D eigenvalue weighted by atomic mass is 10.2. The number of carbonyl (C=O) groups excluding carboxylic acids is 1. The van der Waals surface area contributed by atoms with Gasteiger partial charge in [0.05, 0.1) is 17.2 Å². The maximum absolute atomic E-state index is 11.8. The predicted octanol–water partition coefficient (Wildman–Crippen LogP) is 2.48. The maximum atomic E-state index is 11.8. The fraction of sp³-hybridized carbons (Fsp3) is 0.500. The number of amides is 1. The van der Waals surface area contributed by atoms with Crippen LogP contribution in [-0.4, -0.2) is 43.4 Å². The van der Waals surface area contributed by atoms with Gasteiger partial charge in [0.25, 0.3) is 5.91 Å². The second-order valence-corrected chi connectivity index (χ2v) is 4.42. The molecule has 0 saturated carbocycles. The van der Waals surface area contributed by atoms with E-state index in [2.05, 4.69) is 20.4 Å². The molecule has 1 rings (SSSR count). The highest BCUT2D eigenvalue weighted by molar-refractivity contribution is 6.33. The lowest BCUT2D eigenvalue weighted by Gasteiger charge is -2.09. The molecule has 0 unspecified atom stereocenters. The van der Waals surface area contributed by atoms with Crippen molar-refractivity contribution in [2.45, 2.75) is 13.1 Å². The van der Waals surface area contributed by atoms with Gasteiger partial charge in [-0.3, -0.25) is 4.79 Å². The van der Waals surface area contributed by atoms with Crippen LogP contribution in [0, 0.1) is 0 Å². The zero-order valence-corrected chi connectivity index (χ0v) is 12.0. The molecule has 0 radical (unpaired) electrons. The number of rotatable bonds is 7. The number of pyridine rings is 1. The SMILES string of the molecule is CCNc1ncc(C(=O)NCCOCC(F)(F)F)cc1Cl. The van der Waals surface area contributed by atoms with Crippen molar-refractivity contribution in [2.24, 2.45) is 0 Å². The number of aromatic nitrogens is 1. The highest BCUT2D eigenvalue weighted by atomic mass is 35.5. The summed E-state index contributed by atoms with van der Waals surface area (Å²) in [4.78, 5) is 15.7. The van der Waals surface area contributed by atoms with Gasteiger partial charge in [0.1, 0.15) is 12.4 Å². The van der Waals surface area contributed by atoms with E-state index in [4.69, 9.17) is 11.6 Å². The number of hydrogen-bond acceptors (Lipinski definition) is 4. The van der Waals surface area contributed by atoms with E-state index < -0.39 is 18.7 Å². The van der Waals surface area contributed by atoms with Crippen LogP contribution in [0.5, 0.6) is 0 Å². The number of carbonyl (C=O) groups is 1. The van der Waals surface area contributed by atoms with E-state index in [-0.39, 0.29) is 23.7 Å². The third kappa shape index (κ3) is 6.63. The molecule has 1 aromatic heterocycles. The van der Waals surface area contributed by atoms with Crippen molar-refractivity contribution in [3.05, 3.63) is 22.8 Å². The lowest BCUT2D eigenvalue weighted by Crippen LogP contribution is -2.29. The smallest absolute Gasteiger partial charge is 0.370 e. The van der Waals surface area contributed by atoms with Crippen molar-refractivity contribution in [1.29, 1.82) is 0 Å². The largest absolute Gasteiger partial charge is 0.411 e. The predicted molar refractivity (Wildman–Crippen MR) is 72.6 cm³/mol. The number of halogens is 4. The van der Waals surface area contributed by atoms with Crippen molar-refractivity contribution in [1.82, 2.24) is 10.3 Å². The van der Waals surface area contributed by atoms with Gasteiger partial charge in [-0.2, -0.15) is 13.2 Å². The Balaban J connectivity index is 2.40. The minimum Gasteiger partial charge on any atom is -0.370 e. The summed E-state index contributed by atoms with van der Waals surface area (Å²) in [5, 5.41) is 5.62. The summed E-state index contributed by atoms with van der Waals surface area (Å²) in [6.45, 7) is 0.894. The summed E-state index contributed by atoms with van der Waals surface area (Å²) >= 11 is 5.93. The molecular weight excluding hydrogens is 311 g/mol. The molecule has 1 heterocycles. The van der Waals surface area contributed by atoms with Gasteiger partial charge >= 0.3 is 6.18 Å². The summed E-state index contributed by atoms with van der Waals surface area (Å²) in [5.74, 6) is -0.0210. The van der Waals surface area contributed by atoms with Crippen LogP contribution >= 0.6 is 11.6 Å². The van der Waals surface area contributed by atoms with Gasteiger partial charge in [0.2, 0.25) is 0 Å². The standard InChI is InChI=1S/C12H15ClF3N3O2/c1-2-17-10-9(13)5-8(6-19-10)11(20)18-3-4-21-7-12(14,15)16/h5-6H,2-4,7H2,1H3,(H,17,19)(H,18,20). The topological polar surface area (TPSA) is 63.2 Å². The van der Waals surface area contributed by atoms with E-state index in [1.807, 2.05) is 6.92 Å². The highest BCUT2D eigenvalue weighted by Gasteiger charge is 2.27. The first-order valence-corrected chi connectivity index (χ1v) is 6.53. The molecule has 0 spiro atoms. The van der Waals surface area contributed by atoms with Crippen molar-refractivity contribution < 1.29 is 22.7 Å². The van der Waals surface area contributed by atoms with Crippen molar-refractivity contribution in [3.8, 4) is 0 Å². The van der Waals surface area contributed by atoms with Crippen LogP contribution in [0.2, 0.25) is 5.02 Å². The summed E-state index contributed by atoms with van der Waals surface area (Å²) in [6, 6.07) is 1.43. The number of alkyl halides is 3. The highest BCUT2D eigenvalue weighted by Crippen LogP contribution is 2.19. The van der Waals surface area contributed by atoms with E-state index in [0.29, 0.717) is 12.4 Å².